The van der Waals surface area contributed by atoms with Crippen molar-refractivity contribution < 1.29 is 9.90 Å². The van der Waals surface area contributed by atoms with Gasteiger partial charge in [0.2, 0.25) is 0 Å². The molecule has 0 bridgehead atoms. The Balaban J connectivity index is 2.49. The summed E-state index contributed by atoms with van der Waals surface area (Å²) in [6, 6.07) is 0. The second-order valence-corrected chi connectivity index (χ2v) is 2.66. The summed E-state index contributed by atoms with van der Waals surface area (Å²) < 4.78 is 0. The Bertz CT molecular complexity index is 195. The van der Waals surface area contributed by atoms with Crippen LogP contribution in [-0.2, 0) is 0 Å². The van der Waals surface area contributed by atoms with Crippen molar-refractivity contribution in [3.63, 3.8) is 0 Å². The van der Waals surface area contributed by atoms with Gasteiger partial charge in [0.1, 0.15) is 0 Å². The lowest BCUT2D eigenvalue weighted by atomic mass is 9.92. The summed E-state index contributed by atoms with van der Waals surface area (Å²) in [4.78, 5) is 14.0. The summed E-state index contributed by atoms with van der Waals surface area (Å²) in [7, 11) is 1.99. The van der Waals surface area contributed by atoms with E-state index in [1.165, 1.54) is 0 Å². The van der Waals surface area contributed by atoms with E-state index in [0.717, 1.165) is 0 Å². The summed E-state index contributed by atoms with van der Waals surface area (Å²) in [6.45, 7) is 1.96. The standard InChI is InChI=1S/C6H11BN2O2/c1-5-8(2)3-4-9(5)7-6(10)11/h3-5,7H,1-2H3,(H,10,11). The van der Waals surface area contributed by atoms with Crippen molar-refractivity contribution in [3.8, 4) is 0 Å². The maximum absolute atomic E-state index is 10.3. The highest BCUT2D eigenvalue weighted by atomic mass is 16.4. The van der Waals surface area contributed by atoms with Gasteiger partial charge in [0, 0.05) is 19.4 Å². The van der Waals surface area contributed by atoms with E-state index < -0.39 is 5.87 Å². The molecular weight excluding hydrogens is 143 g/mol. The van der Waals surface area contributed by atoms with Crippen LogP contribution in [0.25, 0.3) is 0 Å². The average Bonchev–Trinajstić information content (AvgIpc) is 2.18. The fourth-order valence-corrected chi connectivity index (χ4v) is 1.01. The maximum atomic E-state index is 10.3. The van der Waals surface area contributed by atoms with Crippen LogP contribution in [0.15, 0.2) is 12.4 Å². The molecule has 1 heterocycles. The monoisotopic (exact) mass is 154 g/mol. The fourth-order valence-electron chi connectivity index (χ4n) is 1.01. The summed E-state index contributed by atoms with van der Waals surface area (Å²) in [5.41, 5.74) is 0. The van der Waals surface area contributed by atoms with Gasteiger partial charge in [0.05, 0.1) is 6.17 Å². The number of nitrogens with zero attached hydrogens (tertiary/aromatic N) is 2. The quantitative estimate of drug-likeness (QED) is 0.572. The van der Waals surface area contributed by atoms with Crippen LogP contribution >= 0.6 is 0 Å². The Kier molecular flexibility index (Phi) is 2.07. The molecule has 0 fully saturated rings. The van der Waals surface area contributed by atoms with E-state index in [2.05, 4.69) is 0 Å². The number of hydrogen-bond donors (Lipinski definition) is 1. The summed E-state index contributed by atoms with van der Waals surface area (Å²) >= 11 is 0. The molecule has 1 unspecified atom stereocenters. The summed E-state index contributed by atoms with van der Waals surface area (Å²) in [5, 5.41) is 8.48. The first-order valence-electron chi connectivity index (χ1n) is 3.49. The third-order valence-electron chi connectivity index (χ3n) is 1.88. The van der Waals surface area contributed by atoms with Crippen LogP contribution in [0.1, 0.15) is 6.92 Å². The van der Waals surface area contributed by atoms with E-state index in [4.69, 9.17) is 5.11 Å². The van der Waals surface area contributed by atoms with E-state index in [1.54, 1.807) is 11.0 Å². The smallest absolute Gasteiger partial charge is 0.371 e. The van der Waals surface area contributed by atoms with E-state index >= 15 is 0 Å². The van der Waals surface area contributed by atoms with Crippen molar-refractivity contribution in [2.24, 2.45) is 0 Å². The fraction of sp³-hybridized carbons (Fsp3) is 0.500. The highest BCUT2D eigenvalue weighted by Gasteiger charge is 2.21. The van der Waals surface area contributed by atoms with E-state index in [9.17, 15) is 4.79 Å². The van der Waals surface area contributed by atoms with Gasteiger partial charge in [0.15, 0.2) is 0 Å². The minimum atomic E-state index is -0.795. The third kappa shape index (κ3) is 1.66. The Morgan fingerprint density at radius 2 is 2.27 bits per heavy atom. The zero-order valence-corrected chi connectivity index (χ0v) is 6.69. The molecule has 0 aromatic carbocycles. The van der Waals surface area contributed by atoms with Gasteiger partial charge >= 0.3 is 7.41 Å². The molecule has 0 amide bonds. The summed E-state index contributed by atoms with van der Waals surface area (Å²) in [5.74, 6) is -0.795. The molecule has 0 aliphatic carbocycles. The van der Waals surface area contributed by atoms with Gasteiger partial charge in [-0.2, -0.15) is 0 Å². The molecular formula is C6H11BN2O2. The van der Waals surface area contributed by atoms with Crippen LogP contribution in [-0.4, -0.2) is 41.3 Å². The lowest BCUT2D eigenvalue weighted by Crippen LogP contribution is -2.38. The van der Waals surface area contributed by atoms with Gasteiger partial charge in [-0.05, 0) is 6.92 Å². The predicted molar refractivity (Wildman–Crippen MR) is 43.4 cm³/mol. The zero-order chi connectivity index (χ0) is 8.43. The largest absolute Gasteiger partial charge is 0.488 e. The van der Waals surface area contributed by atoms with Gasteiger partial charge in [-0.15, -0.1) is 0 Å². The molecule has 0 saturated carbocycles. The van der Waals surface area contributed by atoms with E-state index in [0.29, 0.717) is 0 Å². The summed E-state index contributed by atoms with van der Waals surface area (Å²) in [6.07, 6.45) is 3.82. The van der Waals surface area contributed by atoms with Crippen molar-refractivity contribution in [3.05, 3.63) is 12.4 Å². The first kappa shape index (κ1) is 7.98. The molecule has 5 heteroatoms. The van der Waals surface area contributed by atoms with Gasteiger partial charge in [-0.25, -0.2) is 0 Å². The molecule has 1 N–H and O–H groups in total. The number of carbonyl (C=O) groups is 1. The van der Waals surface area contributed by atoms with Crippen LogP contribution in [0, 0.1) is 0 Å². The normalized spacial score (nSPS) is 22.5. The minimum absolute atomic E-state index is 0.0714. The highest BCUT2D eigenvalue weighted by molar-refractivity contribution is 6.69. The molecule has 1 rings (SSSR count). The Labute approximate surface area is 66.4 Å². The van der Waals surface area contributed by atoms with Crippen LogP contribution in [0.4, 0.5) is 4.79 Å². The van der Waals surface area contributed by atoms with Crippen molar-refractivity contribution in [1.29, 1.82) is 0 Å². The lowest BCUT2D eigenvalue weighted by molar-refractivity contribution is 0.214. The van der Waals surface area contributed by atoms with Crippen molar-refractivity contribution in [1.82, 2.24) is 9.71 Å². The second kappa shape index (κ2) is 2.86. The topological polar surface area (TPSA) is 43.8 Å². The molecule has 4 nitrogen and oxygen atoms in total. The number of carboxylic acid groups (broad SMARTS) is 1. The lowest BCUT2D eigenvalue weighted by Gasteiger charge is -2.25. The molecule has 0 saturated heterocycles. The Hall–Kier alpha value is -1.13. The van der Waals surface area contributed by atoms with Gasteiger partial charge in [-0.1, -0.05) is 0 Å². The first-order valence-corrected chi connectivity index (χ1v) is 3.49. The van der Waals surface area contributed by atoms with Crippen molar-refractivity contribution >= 4 is 13.3 Å². The molecule has 1 aliphatic rings. The molecule has 0 aromatic heterocycles. The molecule has 1 atom stereocenters. The van der Waals surface area contributed by atoms with Crippen LogP contribution in [0.2, 0.25) is 0 Å². The van der Waals surface area contributed by atoms with E-state index in [1.807, 2.05) is 25.1 Å². The highest BCUT2D eigenvalue weighted by Crippen LogP contribution is 2.10. The molecule has 0 aromatic rings. The number of hydrogen-bond acceptors (Lipinski definition) is 3. The molecule has 11 heavy (non-hydrogen) atoms. The molecule has 60 valence electrons. The van der Waals surface area contributed by atoms with Crippen LogP contribution < -0.4 is 0 Å². The average molecular weight is 154 g/mol. The Morgan fingerprint density at radius 1 is 1.64 bits per heavy atom. The van der Waals surface area contributed by atoms with Crippen LogP contribution in [0.3, 0.4) is 0 Å². The van der Waals surface area contributed by atoms with E-state index in [-0.39, 0.29) is 13.6 Å². The van der Waals surface area contributed by atoms with Gasteiger partial charge < -0.3 is 14.8 Å². The predicted octanol–water partition coefficient (Wildman–Crippen LogP) is 0.0805. The molecule has 0 radical (unpaired) electrons. The second-order valence-electron chi connectivity index (χ2n) is 2.66. The van der Waals surface area contributed by atoms with Gasteiger partial charge in [-0.3, -0.25) is 4.79 Å². The zero-order valence-electron chi connectivity index (χ0n) is 6.69. The SMILES string of the molecule is CC1N(C)C=CN1BC(=O)O. The molecule has 1 aliphatic heterocycles. The van der Waals surface area contributed by atoms with Crippen molar-refractivity contribution in [2.45, 2.75) is 13.1 Å². The minimum Gasteiger partial charge on any atom is -0.488 e. The first-order chi connectivity index (χ1) is 5.11. The third-order valence-corrected chi connectivity index (χ3v) is 1.88. The Morgan fingerprint density at radius 3 is 2.64 bits per heavy atom. The maximum Gasteiger partial charge on any atom is 0.371 e. The molecule has 0 spiro atoms. The van der Waals surface area contributed by atoms with Crippen molar-refractivity contribution in [2.75, 3.05) is 7.05 Å². The number of rotatable bonds is 2. The van der Waals surface area contributed by atoms with Crippen LogP contribution in [0.5, 0.6) is 0 Å². The van der Waals surface area contributed by atoms with Gasteiger partial charge in [0.25, 0.3) is 5.87 Å².